The Bertz CT molecular complexity index is 721. The van der Waals surface area contributed by atoms with Gasteiger partial charge in [0.2, 0.25) is 0 Å². The van der Waals surface area contributed by atoms with Crippen molar-refractivity contribution in [3.05, 3.63) is 58.7 Å². The summed E-state index contributed by atoms with van der Waals surface area (Å²) in [5, 5.41) is 5.60. The second-order valence-corrected chi connectivity index (χ2v) is 5.17. The largest absolute Gasteiger partial charge is 0.497 e. The Morgan fingerprint density at radius 3 is 2.89 bits per heavy atom. The zero-order valence-corrected chi connectivity index (χ0v) is 12.1. The number of hydrogen-bond acceptors (Lipinski definition) is 2. The minimum absolute atomic E-state index is 0.714. The molecule has 0 aliphatic carbocycles. The Labute approximate surface area is 119 Å². The maximum Gasteiger partial charge on any atom is 0.119 e. The second kappa shape index (κ2) is 5.05. The lowest BCUT2D eigenvalue weighted by atomic mass is 10.2. The summed E-state index contributed by atoms with van der Waals surface area (Å²) in [6.45, 7) is 0.714. The van der Waals surface area contributed by atoms with Crippen LogP contribution in [0.15, 0.2) is 53.1 Å². The lowest BCUT2D eigenvalue weighted by Crippen LogP contribution is -2.02. The number of hydrogen-bond donors (Lipinski definition) is 0. The fourth-order valence-corrected chi connectivity index (χ4v) is 2.48. The number of aromatic nitrogens is 2. The van der Waals surface area contributed by atoms with E-state index >= 15 is 0 Å². The van der Waals surface area contributed by atoms with E-state index in [1.54, 1.807) is 7.11 Å². The zero-order valence-electron chi connectivity index (χ0n) is 10.5. The number of rotatable bonds is 3. The first-order valence-electron chi connectivity index (χ1n) is 6.01. The summed E-state index contributed by atoms with van der Waals surface area (Å²) < 4.78 is 8.32. The summed E-state index contributed by atoms with van der Waals surface area (Å²) in [5.74, 6) is 0.856. The van der Waals surface area contributed by atoms with Crippen molar-refractivity contribution in [2.75, 3.05) is 7.11 Å². The van der Waals surface area contributed by atoms with Crippen molar-refractivity contribution in [2.45, 2.75) is 6.54 Å². The van der Waals surface area contributed by atoms with Gasteiger partial charge in [0.25, 0.3) is 0 Å². The number of nitrogens with zero attached hydrogens (tertiary/aromatic N) is 2. The third-order valence-corrected chi connectivity index (χ3v) is 3.90. The topological polar surface area (TPSA) is 27.1 Å². The Morgan fingerprint density at radius 1 is 1.21 bits per heavy atom. The van der Waals surface area contributed by atoms with Gasteiger partial charge in [-0.3, -0.25) is 4.68 Å². The van der Waals surface area contributed by atoms with Crippen molar-refractivity contribution in [3.63, 3.8) is 0 Å². The number of methoxy groups -OCH3 is 1. The molecule has 1 heterocycles. The van der Waals surface area contributed by atoms with Gasteiger partial charge >= 0.3 is 0 Å². The van der Waals surface area contributed by atoms with Gasteiger partial charge in [-0.1, -0.05) is 34.1 Å². The molecule has 0 amide bonds. The van der Waals surface area contributed by atoms with E-state index in [1.165, 1.54) is 0 Å². The van der Waals surface area contributed by atoms with E-state index in [1.807, 2.05) is 41.2 Å². The first kappa shape index (κ1) is 12.2. The highest BCUT2D eigenvalue weighted by molar-refractivity contribution is 9.10. The van der Waals surface area contributed by atoms with Gasteiger partial charge < -0.3 is 4.74 Å². The van der Waals surface area contributed by atoms with Crippen LogP contribution in [0.1, 0.15) is 5.56 Å². The van der Waals surface area contributed by atoms with E-state index in [9.17, 15) is 0 Å². The maximum atomic E-state index is 5.27. The number of benzene rings is 2. The van der Waals surface area contributed by atoms with Crippen molar-refractivity contribution in [1.29, 1.82) is 0 Å². The summed E-state index contributed by atoms with van der Waals surface area (Å²) in [6, 6.07) is 14.2. The number of fused-ring (bicyclic) bond motifs is 1. The molecule has 0 atom stereocenters. The van der Waals surface area contributed by atoms with Crippen LogP contribution in [-0.2, 0) is 6.54 Å². The summed E-state index contributed by atoms with van der Waals surface area (Å²) in [4.78, 5) is 0. The monoisotopic (exact) mass is 316 g/mol. The molecule has 0 spiro atoms. The summed E-state index contributed by atoms with van der Waals surface area (Å²) in [7, 11) is 1.68. The van der Waals surface area contributed by atoms with Crippen LogP contribution in [0.3, 0.4) is 0 Å². The van der Waals surface area contributed by atoms with Crippen LogP contribution in [0.2, 0.25) is 0 Å². The highest BCUT2D eigenvalue weighted by Gasteiger charge is 2.06. The first-order chi connectivity index (χ1) is 9.28. The van der Waals surface area contributed by atoms with Crippen molar-refractivity contribution in [1.82, 2.24) is 9.78 Å². The zero-order chi connectivity index (χ0) is 13.2. The molecule has 0 N–H and O–H groups in total. The highest BCUT2D eigenvalue weighted by atomic mass is 79.9. The van der Waals surface area contributed by atoms with E-state index in [0.29, 0.717) is 6.54 Å². The Hall–Kier alpha value is -1.81. The predicted octanol–water partition coefficient (Wildman–Crippen LogP) is 3.86. The van der Waals surface area contributed by atoms with Crippen LogP contribution in [0.5, 0.6) is 5.75 Å². The van der Waals surface area contributed by atoms with Gasteiger partial charge in [-0.25, -0.2) is 0 Å². The van der Waals surface area contributed by atoms with Crippen LogP contribution in [0.4, 0.5) is 0 Å². The van der Waals surface area contributed by atoms with Crippen molar-refractivity contribution in [3.8, 4) is 5.75 Å². The predicted molar refractivity (Wildman–Crippen MR) is 79.5 cm³/mol. The van der Waals surface area contributed by atoms with Gasteiger partial charge in [0.1, 0.15) is 5.75 Å². The quantitative estimate of drug-likeness (QED) is 0.733. The van der Waals surface area contributed by atoms with Gasteiger partial charge in [0.05, 0.1) is 25.4 Å². The SMILES string of the molecule is COc1ccc(Br)c(Cn2ncc3ccccc32)c1. The lowest BCUT2D eigenvalue weighted by molar-refractivity contribution is 0.414. The molecule has 0 aliphatic heterocycles. The van der Waals surface area contributed by atoms with Crippen LogP contribution < -0.4 is 4.74 Å². The lowest BCUT2D eigenvalue weighted by Gasteiger charge is -2.08. The van der Waals surface area contributed by atoms with E-state index in [2.05, 4.69) is 33.2 Å². The minimum Gasteiger partial charge on any atom is -0.497 e. The van der Waals surface area contributed by atoms with Crippen molar-refractivity contribution < 1.29 is 4.74 Å². The van der Waals surface area contributed by atoms with Crippen molar-refractivity contribution in [2.24, 2.45) is 0 Å². The van der Waals surface area contributed by atoms with Crippen LogP contribution in [0.25, 0.3) is 10.9 Å². The van der Waals surface area contributed by atoms with Gasteiger partial charge in [0.15, 0.2) is 0 Å². The normalized spacial score (nSPS) is 10.8. The molecular weight excluding hydrogens is 304 g/mol. The summed E-state index contributed by atoms with van der Waals surface area (Å²) in [5.41, 5.74) is 2.28. The maximum absolute atomic E-state index is 5.27. The number of ether oxygens (including phenoxy) is 1. The van der Waals surface area contributed by atoms with E-state index in [0.717, 1.165) is 26.7 Å². The molecule has 0 saturated heterocycles. The molecular formula is C15H13BrN2O. The van der Waals surface area contributed by atoms with Gasteiger partial charge in [-0.05, 0) is 29.8 Å². The van der Waals surface area contributed by atoms with E-state index < -0.39 is 0 Å². The average molecular weight is 317 g/mol. The molecule has 0 unspecified atom stereocenters. The molecule has 2 aromatic carbocycles. The number of halogens is 1. The summed E-state index contributed by atoms with van der Waals surface area (Å²) >= 11 is 3.57. The summed E-state index contributed by atoms with van der Waals surface area (Å²) in [6.07, 6.45) is 1.89. The molecule has 3 rings (SSSR count). The fraction of sp³-hybridized carbons (Fsp3) is 0.133. The molecule has 3 nitrogen and oxygen atoms in total. The molecule has 0 bridgehead atoms. The fourth-order valence-electron chi connectivity index (χ4n) is 2.11. The Kier molecular flexibility index (Phi) is 3.25. The number of para-hydroxylation sites is 1. The average Bonchev–Trinajstić information content (AvgIpc) is 2.85. The van der Waals surface area contributed by atoms with Crippen LogP contribution >= 0.6 is 15.9 Å². The standard InChI is InChI=1S/C15H13BrN2O/c1-19-13-6-7-14(16)12(8-13)10-18-15-5-3-2-4-11(15)9-17-18/h2-9H,10H2,1H3. The highest BCUT2D eigenvalue weighted by Crippen LogP contribution is 2.24. The third-order valence-electron chi connectivity index (χ3n) is 3.12. The minimum atomic E-state index is 0.714. The molecule has 4 heteroatoms. The van der Waals surface area contributed by atoms with E-state index in [-0.39, 0.29) is 0 Å². The van der Waals surface area contributed by atoms with Crippen molar-refractivity contribution >= 4 is 26.8 Å². The second-order valence-electron chi connectivity index (χ2n) is 4.32. The van der Waals surface area contributed by atoms with Crippen LogP contribution in [-0.4, -0.2) is 16.9 Å². The Morgan fingerprint density at radius 2 is 2.05 bits per heavy atom. The first-order valence-corrected chi connectivity index (χ1v) is 6.80. The molecule has 1 aromatic heterocycles. The van der Waals surface area contributed by atoms with Gasteiger partial charge in [-0.15, -0.1) is 0 Å². The molecule has 0 fully saturated rings. The molecule has 0 saturated carbocycles. The van der Waals surface area contributed by atoms with Crippen LogP contribution in [0, 0.1) is 0 Å². The molecule has 0 radical (unpaired) electrons. The Balaban J connectivity index is 2.01. The molecule has 0 aliphatic rings. The molecule has 96 valence electrons. The van der Waals surface area contributed by atoms with E-state index in [4.69, 9.17) is 4.74 Å². The van der Waals surface area contributed by atoms with Gasteiger partial charge in [-0.2, -0.15) is 5.10 Å². The van der Waals surface area contributed by atoms with Gasteiger partial charge in [0, 0.05) is 9.86 Å². The smallest absolute Gasteiger partial charge is 0.119 e. The molecule has 3 aromatic rings. The third kappa shape index (κ3) is 2.36. The molecule has 19 heavy (non-hydrogen) atoms.